The highest BCUT2D eigenvalue weighted by Crippen LogP contribution is 2.34. The molecular formula is C19H20N2S2. The van der Waals surface area contributed by atoms with Gasteiger partial charge < -0.3 is 5.32 Å². The second-order valence-corrected chi connectivity index (χ2v) is 7.86. The summed E-state index contributed by atoms with van der Waals surface area (Å²) >= 11 is 0. The number of nitrogens with one attached hydrogen (secondary N) is 1. The van der Waals surface area contributed by atoms with Crippen molar-refractivity contribution in [3.8, 4) is 0 Å². The molecule has 0 amide bonds. The maximum Gasteiger partial charge on any atom is 0.0846 e. The number of hydrogen-bond donors (Lipinski definition) is 1. The Morgan fingerprint density at radius 3 is 2.70 bits per heavy atom. The van der Waals surface area contributed by atoms with Gasteiger partial charge in [0.05, 0.1) is 5.52 Å². The van der Waals surface area contributed by atoms with E-state index in [1.165, 1.54) is 21.4 Å². The minimum atomic E-state index is 0.932. The lowest BCUT2D eigenvalue weighted by Gasteiger charge is -2.06. The van der Waals surface area contributed by atoms with Crippen LogP contribution in [0.1, 0.15) is 11.1 Å². The largest absolute Gasteiger partial charge is 0.312 e. The molecule has 0 aliphatic rings. The minimum Gasteiger partial charge on any atom is -0.312 e. The molecule has 0 spiro atoms. The molecule has 0 fully saturated rings. The third-order valence-electron chi connectivity index (χ3n) is 3.56. The number of rotatable bonds is 7. The molecule has 2 nitrogen and oxygen atoms in total. The number of aryl methyl sites for hydroxylation is 1. The Kier molecular flexibility index (Phi) is 5.97. The first-order valence-electron chi connectivity index (χ1n) is 7.72. The maximum absolute atomic E-state index is 4.49. The maximum atomic E-state index is 4.49. The van der Waals surface area contributed by atoms with Crippen LogP contribution in [0.15, 0.2) is 65.7 Å². The van der Waals surface area contributed by atoms with E-state index in [0.29, 0.717) is 0 Å². The van der Waals surface area contributed by atoms with E-state index in [1.54, 1.807) is 0 Å². The first kappa shape index (κ1) is 16.4. The van der Waals surface area contributed by atoms with Crippen LogP contribution in [-0.2, 0) is 6.54 Å². The van der Waals surface area contributed by atoms with Crippen molar-refractivity contribution >= 4 is 32.5 Å². The lowest BCUT2D eigenvalue weighted by molar-refractivity contribution is 0.732. The van der Waals surface area contributed by atoms with Gasteiger partial charge in [0, 0.05) is 35.3 Å². The standard InChI is InChI=1S/C19H20N2S2/c1-15-7-9-16(10-8-15)14-20-12-13-22-23-18-6-2-4-17-5-3-11-21-19(17)18/h2-11,20H,12-14H2,1H3. The van der Waals surface area contributed by atoms with Gasteiger partial charge in [-0.15, -0.1) is 0 Å². The van der Waals surface area contributed by atoms with E-state index in [0.717, 1.165) is 24.4 Å². The van der Waals surface area contributed by atoms with Crippen molar-refractivity contribution in [3.63, 3.8) is 0 Å². The Balaban J connectivity index is 1.42. The lowest BCUT2D eigenvalue weighted by Crippen LogP contribution is -2.16. The highest BCUT2D eigenvalue weighted by molar-refractivity contribution is 8.76. The van der Waals surface area contributed by atoms with E-state index in [-0.39, 0.29) is 0 Å². The van der Waals surface area contributed by atoms with Crippen LogP contribution in [0, 0.1) is 6.92 Å². The van der Waals surface area contributed by atoms with Crippen molar-refractivity contribution in [3.05, 3.63) is 71.9 Å². The number of aromatic nitrogens is 1. The van der Waals surface area contributed by atoms with Crippen LogP contribution in [-0.4, -0.2) is 17.3 Å². The molecule has 0 bridgehead atoms. The fourth-order valence-corrected chi connectivity index (χ4v) is 4.41. The van der Waals surface area contributed by atoms with Crippen molar-refractivity contribution in [1.29, 1.82) is 0 Å². The molecule has 1 N–H and O–H groups in total. The Bertz CT molecular complexity index is 751. The van der Waals surface area contributed by atoms with Gasteiger partial charge in [-0.1, -0.05) is 69.6 Å². The van der Waals surface area contributed by atoms with Crippen molar-refractivity contribution in [1.82, 2.24) is 10.3 Å². The Morgan fingerprint density at radius 1 is 1.00 bits per heavy atom. The molecule has 0 radical (unpaired) electrons. The van der Waals surface area contributed by atoms with Gasteiger partial charge in [0.15, 0.2) is 0 Å². The number of pyridine rings is 1. The van der Waals surface area contributed by atoms with Gasteiger partial charge >= 0.3 is 0 Å². The number of benzene rings is 2. The van der Waals surface area contributed by atoms with Gasteiger partial charge in [0.1, 0.15) is 0 Å². The van der Waals surface area contributed by atoms with E-state index in [4.69, 9.17) is 0 Å². The minimum absolute atomic E-state index is 0.932. The van der Waals surface area contributed by atoms with Crippen molar-refractivity contribution in [2.45, 2.75) is 18.4 Å². The average molecular weight is 341 g/mol. The zero-order valence-electron chi connectivity index (χ0n) is 13.2. The number of fused-ring (bicyclic) bond motifs is 1. The quantitative estimate of drug-likeness (QED) is 0.479. The van der Waals surface area contributed by atoms with Crippen LogP contribution in [0.25, 0.3) is 10.9 Å². The third kappa shape index (κ3) is 4.74. The molecule has 0 saturated heterocycles. The number of hydrogen-bond acceptors (Lipinski definition) is 4. The molecule has 23 heavy (non-hydrogen) atoms. The normalized spacial score (nSPS) is 11.0. The van der Waals surface area contributed by atoms with Gasteiger partial charge in [-0.3, -0.25) is 4.98 Å². The SMILES string of the molecule is Cc1ccc(CNCCSSc2cccc3cccnc23)cc1. The summed E-state index contributed by atoms with van der Waals surface area (Å²) in [4.78, 5) is 5.74. The molecule has 0 atom stereocenters. The van der Waals surface area contributed by atoms with Crippen LogP contribution in [0.5, 0.6) is 0 Å². The summed E-state index contributed by atoms with van der Waals surface area (Å²) in [6.45, 7) is 4.05. The summed E-state index contributed by atoms with van der Waals surface area (Å²) in [5.41, 5.74) is 3.75. The van der Waals surface area contributed by atoms with E-state index < -0.39 is 0 Å². The number of nitrogens with zero attached hydrogens (tertiary/aromatic N) is 1. The van der Waals surface area contributed by atoms with Crippen molar-refractivity contribution in [2.75, 3.05) is 12.3 Å². The molecule has 0 unspecified atom stereocenters. The molecule has 0 aliphatic heterocycles. The Labute approximate surface area is 145 Å². The first-order chi connectivity index (χ1) is 11.3. The predicted octanol–water partition coefficient (Wildman–Crippen LogP) is 5.07. The first-order valence-corrected chi connectivity index (χ1v) is 10.0. The monoisotopic (exact) mass is 340 g/mol. The van der Waals surface area contributed by atoms with Crippen molar-refractivity contribution in [2.24, 2.45) is 0 Å². The van der Waals surface area contributed by atoms with Crippen LogP contribution in [0.3, 0.4) is 0 Å². The van der Waals surface area contributed by atoms with Crippen LogP contribution in [0.4, 0.5) is 0 Å². The van der Waals surface area contributed by atoms with Gasteiger partial charge in [-0.2, -0.15) is 0 Å². The van der Waals surface area contributed by atoms with E-state index >= 15 is 0 Å². The van der Waals surface area contributed by atoms with E-state index in [9.17, 15) is 0 Å². The zero-order valence-corrected chi connectivity index (χ0v) is 14.8. The lowest BCUT2D eigenvalue weighted by atomic mass is 10.1. The zero-order chi connectivity index (χ0) is 15.9. The predicted molar refractivity (Wildman–Crippen MR) is 103 cm³/mol. The molecule has 2 aromatic carbocycles. The number of para-hydroxylation sites is 1. The topological polar surface area (TPSA) is 24.9 Å². The van der Waals surface area contributed by atoms with Gasteiger partial charge in [-0.05, 0) is 24.6 Å². The summed E-state index contributed by atoms with van der Waals surface area (Å²) in [6.07, 6.45) is 1.86. The molecule has 0 saturated carbocycles. The Hall–Kier alpha value is -1.49. The molecule has 1 aromatic heterocycles. The second-order valence-electron chi connectivity index (χ2n) is 5.40. The summed E-state index contributed by atoms with van der Waals surface area (Å²) in [5.74, 6) is 1.07. The molecule has 3 rings (SSSR count). The summed E-state index contributed by atoms with van der Waals surface area (Å²) in [6, 6.07) is 19.1. The highest BCUT2D eigenvalue weighted by Gasteiger charge is 2.02. The molecule has 118 valence electrons. The van der Waals surface area contributed by atoms with Gasteiger partial charge in [0.2, 0.25) is 0 Å². The van der Waals surface area contributed by atoms with Crippen LogP contribution < -0.4 is 5.32 Å². The molecule has 1 heterocycles. The van der Waals surface area contributed by atoms with Gasteiger partial charge in [-0.25, -0.2) is 0 Å². The van der Waals surface area contributed by atoms with Gasteiger partial charge in [0.25, 0.3) is 0 Å². The Morgan fingerprint density at radius 2 is 1.83 bits per heavy atom. The highest BCUT2D eigenvalue weighted by atomic mass is 33.1. The smallest absolute Gasteiger partial charge is 0.0846 e. The van der Waals surface area contributed by atoms with E-state index in [1.807, 2.05) is 33.9 Å². The molecule has 3 aromatic rings. The second kappa shape index (κ2) is 8.39. The molecule has 0 aliphatic carbocycles. The van der Waals surface area contributed by atoms with Crippen LogP contribution in [0.2, 0.25) is 0 Å². The fourth-order valence-electron chi connectivity index (χ4n) is 2.30. The third-order valence-corrected chi connectivity index (χ3v) is 5.95. The summed E-state index contributed by atoms with van der Waals surface area (Å²) in [7, 11) is 3.69. The summed E-state index contributed by atoms with van der Waals surface area (Å²) in [5, 5.41) is 4.70. The molecule has 4 heteroatoms. The average Bonchev–Trinajstić information content (AvgIpc) is 2.59. The fraction of sp³-hybridized carbons (Fsp3) is 0.211. The van der Waals surface area contributed by atoms with Crippen LogP contribution >= 0.6 is 21.6 Å². The summed E-state index contributed by atoms with van der Waals surface area (Å²) < 4.78 is 0. The van der Waals surface area contributed by atoms with Crippen molar-refractivity contribution < 1.29 is 0 Å². The van der Waals surface area contributed by atoms with E-state index in [2.05, 4.69) is 65.8 Å². The molecular weight excluding hydrogens is 320 g/mol.